The van der Waals surface area contributed by atoms with E-state index in [1.807, 2.05) is 36.4 Å². The lowest BCUT2D eigenvalue weighted by Gasteiger charge is -2.21. The molecule has 0 N–H and O–H groups in total. The second-order valence-electron chi connectivity index (χ2n) is 19.1. The molecule has 5 nitrogen and oxygen atoms in total. The molecule has 0 aliphatic carbocycles. The summed E-state index contributed by atoms with van der Waals surface area (Å²) in [4.78, 5) is 16.3. The number of benzene rings is 12. The van der Waals surface area contributed by atoms with E-state index in [1.165, 1.54) is 37.9 Å². The number of hydrogen-bond acceptors (Lipinski definition) is 4. The van der Waals surface area contributed by atoms with Crippen LogP contribution in [0.15, 0.2) is 259 Å². The zero-order valence-electron chi connectivity index (χ0n) is 39.9. The maximum atomic E-state index is 6.46. The topological polar surface area (TPSA) is 56.7 Å². The Morgan fingerprint density at radius 3 is 1.62 bits per heavy atom. The van der Waals surface area contributed by atoms with Crippen molar-refractivity contribution in [1.29, 1.82) is 0 Å². The van der Waals surface area contributed by atoms with Gasteiger partial charge in [-0.25, -0.2) is 15.0 Å². The van der Waals surface area contributed by atoms with Crippen LogP contribution in [0.25, 0.3) is 149 Å². The Labute approximate surface area is 425 Å². The molecule has 0 saturated heterocycles. The van der Waals surface area contributed by atoms with Crippen molar-refractivity contribution in [1.82, 2.24) is 19.5 Å². The van der Waals surface area contributed by atoms with Gasteiger partial charge in [-0.1, -0.05) is 206 Å². The second-order valence-corrected chi connectivity index (χ2v) is 19.1. The highest BCUT2D eigenvalue weighted by molar-refractivity contribution is 6.22. The quantitative estimate of drug-likeness (QED) is 0.160. The van der Waals surface area contributed by atoms with Gasteiger partial charge in [0.25, 0.3) is 0 Å². The molecule has 0 fully saturated rings. The highest BCUT2D eigenvalue weighted by atomic mass is 16.3. The van der Waals surface area contributed by atoms with Crippen LogP contribution in [0.2, 0.25) is 0 Å². The van der Waals surface area contributed by atoms with Crippen LogP contribution in [0.4, 0.5) is 0 Å². The molecule has 0 aliphatic rings. The monoisotopic (exact) mass is 942 g/mol. The minimum atomic E-state index is 0.555. The predicted molar refractivity (Wildman–Crippen MR) is 307 cm³/mol. The first-order chi connectivity index (χ1) is 36.7. The first-order valence-electron chi connectivity index (χ1n) is 25.1. The molecule has 15 rings (SSSR count). The summed E-state index contributed by atoms with van der Waals surface area (Å²) in [5.41, 5.74) is 14.2. The predicted octanol–water partition coefficient (Wildman–Crippen LogP) is 18.3. The van der Waals surface area contributed by atoms with Crippen LogP contribution in [0.1, 0.15) is 0 Å². The van der Waals surface area contributed by atoms with Crippen molar-refractivity contribution in [3.8, 4) is 73.2 Å². The van der Waals surface area contributed by atoms with Gasteiger partial charge in [0.2, 0.25) is 0 Å². The zero-order valence-corrected chi connectivity index (χ0v) is 39.9. The summed E-state index contributed by atoms with van der Waals surface area (Å²) in [5.74, 6) is 1.71. The molecule has 0 radical (unpaired) electrons. The summed E-state index contributed by atoms with van der Waals surface area (Å²) in [6.07, 6.45) is 0. The number of nitrogens with zero attached hydrogens (tertiary/aromatic N) is 4. The van der Waals surface area contributed by atoms with Crippen molar-refractivity contribution < 1.29 is 4.42 Å². The van der Waals surface area contributed by atoms with E-state index in [2.05, 4.69) is 223 Å². The largest absolute Gasteiger partial charge is 0.456 e. The van der Waals surface area contributed by atoms with E-state index in [4.69, 9.17) is 19.4 Å². The molecule has 0 bridgehead atoms. The molecule has 0 saturated carbocycles. The molecule has 15 aromatic rings. The lowest BCUT2D eigenvalue weighted by atomic mass is 9.89. The second kappa shape index (κ2) is 16.8. The van der Waals surface area contributed by atoms with Crippen molar-refractivity contribution in [2.75, 3.05) is 0 Å². The van der Waals surface area contributed by atoms with Crippen molar-refractivity contribution in [2.24, 2.45) is 0 Å². The Morgan fingerprint density at radius 2 is 0.838 bits per heavy atom. The Balaban J connectivity index is 1.08. The molecule has 5 heteroatoms. The van der Waals surface area contributed by atoms with Gasteiger partial charge in [0.1, 0.15) is 11.2 Å². The highest BCUT2D eigenvalue weighted by Crippen LogP contribution is 2.46. The van der Waals surface area contributed by atoms with E-state index in [1.54, 1.807) is 0 Å². The molecule has 74 heavy (non-hydrogen) atoms. The van der Waals surface area contributed by atoms with Crippen LogP contribution < -0.4 is 0 Å². The van der Waals surface area contributed by atoms with E-state index >= 15 is 0 Å². The van der Waals surface area contributed by atoms with Gasteiger partial charge >= 0.3 is 0 Å². The van der Waals surface area contributed by atoms with E-state index in [0.29, 0.717) is 17.5 Å². The van der Waals surface area contributed by atoms with Crippen molar-refractivity contribution >= 4 is 76.1 Å². The summed E-state index contributed by atoms with van der Waals surface area (Å²) in [5, 5.41) is 11.4. The van der Waals surface area contributed by atoms with Gasteiger partial charge in [-0.2, -0.15) is 0 Å². The molecular weight excluding hydrogens is 901 g/mol. The third-order valence-electron chi connectivity index (χ3n) is 14.8. The normalized spacial score (nSPS) is 11.8. The molecule has 12 aromatic carbocycles. The van der Waals surface area contributed by atoms with Crippen molar-refractivity contribution in [2.45, 2.75) is 0 Å². The van der Waals surface area contributed by atoms with Crippen molar-refractivity contribution in [3.05, 3.63) is 255 Å². The lowest BCUT2D eigenvalue weighted by Crippen LogP contribution is -2.04. The van der Waals surface area contributed by atoms with Crippen LogP contribution >= 0.6 is 0 Å². The Morgan fingerprint density at radius 1 is 0.284 bits per heavy atom. The maximum absolute atomic E-state index is 6.46. The SMILES string of the molecule is c1ccc(-c2cccc(-c3ccc4c(-n5c6cc7ccccc7cc6c6ccc7ccccc7c65)cc(-c5ccccc5)c(-c5nc(-c6ccccc6)nc(-c6ccc7c(c6)oc6ccccc67)n5)c4c3)c2)cc1. The first-order valence-corrected chi connectivity index (χ1v) is 25.1. The van der Waals surface area contributed by atoms with Crippen LogP contribution in [0, 0.1) is 0 Å². The summed E-state index contributed by atoms with van der Waals surface area (Å²) < 4.78 is 8.98. The standard InChI is InChI=1S/C69H42N4O/c1-4-17-43(18-5-1)47-26-16-27-48(37-47)51-32-34-54-60(39-51)65(69-71-67(46-22-8-3-9-23-46)70-68(72-69)52-33-35-56-55-29-14-15-30-63(55)74-64(56)41-52)58(44-19-6-2-7-20-44)42-62(54)73-61-40-50-25-11-10-24-49(50)38-59(61)57-36-31-45-21-12-13-28-53(45)66(57)73/h1-42H. The molecule has 0 amide bonds. The summed E-state index contributed by atoms with van der Waals surface area (Å²) >= 11 is 0. The molecule has 0 aliphatic heterocycles. The Hall–Kier alpha value is -9.97. The lowest BCUT2D eigenvalue weighted by molar-refractivity contribution is 0.669. The van der Waals surface area contributed by atoms with E-state index in [-0.39, 0.29) is 0 Å². The van der Waals surface area contributed by atoms with Gasteiger partial charge in [0.05, 0.1) is 16.7 Å². The smallest absolute Gasteiger partial charge is 0.165 e. The van der Waals surface area contributed by atoms with Gasteiger partial charge in [0, 0.05) is 49.0 Å². The zero-order chi connectivity index (χ0) is 48.7. The van der Waals surface area contributed by atoms with Gasteiger partial charge < -0.3 is 8.98 Å². The number of rotatable bonds is 7. The highest BCUT2D eigenvalue weighted by Gasteiger charge is 2.25. The fraction of sp³-hybridized carbons (Fsp3) is 0. The van der Waals surface area contributed by atoms with Crippen LogP contribution in [-0.4, -0.2) is 19.5 Å². The van der Waals surface area contributed by atoms with Gasteiger partial charge in [0.15, 0.2) is 17.5 Å². The Kier molecular flexibility index (Phi) is 9.50. The molecule has 3 aromatic heterocycles. The number of fused-ring (bicyclic) bond motifs is 10. The van der Waals surface area contributed by atoms with Gasteiger partial charge in [-0.05, 0) is 103 Å². The molecule has 0 atom stereocenters. The summed E-state index contributed by atoms with van der Waals surface area (Å²) in [7, 11) is 0. The van der Waals surface area contributed by atoms with Gasteiger partial charge in [-0.15, -0.1) is 0 Å². The molecular formula is C69H42N4O. The number of para-hydroxylation sites is 1. The molecule has 344 valence electrons. The number of aromatic nitrogens is 4. The van der Waals surface area contributed by atoms with E-state index < -0.39 is 0 Å². The first kappa shape index (κ1) is 41.8. The molecule has 0 unspecified atom stereocenters. The minimum absolute atomic E-state index is 0.555. The Bertz CT molecular complexity index is 4710. The van der Waals surface area contributed by atoms with E-state index in [9.17, 15) is 0 Å². The fourth-order valence-corrected chi connectivity index (χ4v) is 11.3. The third-order valence-corrected chi connectivity index (χ3v) is 14.8. The average molecular weight is 943 g/mol. The van der Waals surface area contributed by atoms with Crippen LogP contribution in [0.3, 0.4) is 0 Å². The van der Waals surface area contributed by atoms with Crippen molar-refractivity contribution in [3.63, 3.8) is 0 Å². The minimum Gasteiger partial charge on any atom is -0.456 e. The summed E-state index contributed by atoms with van der Waals surface area (Å²) in [6, 6.07) is 90.9. The van der Waals surface area contributed by atoms with E-state index in [0.717, 1.165) is 93.9 Å². The number of hydrogen-bond donors (Lipinski definition) is 0. The molecule has 0 spiro atoms. The van der Waals surface area contributed by atoms with Gasteiger partial charge in [-0.3, -0.25) is 0 Å². The van der Waals surface area contributed by atoms with Crippen LogP contribution in [0.5, 0.6) is 0 Å². The average Bonchev–Trinajstić information content (AvgIpc) is 4.02. The third kappa shape index (κ3) is 6.82. The van der Waals surface area contributed by atoms with Crippen LogP contribution in [-0.2, 0) is 0 Å². The summed E-state index contributed by atoms with van der Waals surface area (Å²) in [6.45, 7) is 0. The fourth-order valence-electron chi connectivity index (χ4n) is 11.3. The number of furan rings is 1. The maximum Gasteiger partial charge on any atom is 0.165 e. The molecule has 3 heterocycles.